The minimum absolute atomic E-state index is 0.675. The zero-order chi connectivity index (χ0) is 14.7. The molecular formula is C16H21N5. The first-order valence-electron chi connectivity index (χ1n) is 7.43. The molecule has 1 aliphatic rings. The molecule has 2 unspecified atom stereocenters. The van der Waals surface area contributed by atoms with E-state index in [9.17, 15) is 0 Å². The summed E-state index contributed by atoms with van der Waals surface area (Å²) in [4.78, 5) is 8.39. The predicted octanol–water partition coefficient (Wildman–Crippen LogP) is 3.07. The number of nitrogens with zero attached hydrogens (tertiary/aromatic N) is 4. The van der Waals surface area contributed by atoms with Gasteiger partial charge in [0.25, 0.3) is 0 Å². The van der Waals surface area contributed by atoms with E-state index in [1.807, 2.05) is 12.1 Å². The molecule has 0 radical (unpaired) electrons. The summed E-state index contributed by atoms with van der Waals surface area (Å²) in [5, 5.41) is 7.69. The van der Waals surface area contributed by atoms with E-state index >= 15 is 0 Å². The highest BCUT2D eigenvalue weighted by molar-refractivity contribution is 5.56. The smallest absolute Gasteiger partial charge is 0.178 e. The molecular weight excluding hydrogens is 262 g/mol. The van der Waals surface area contributed by atoms with E-state index in [2.05, 4.69) is 40.3 Å². The Hall–Kier alpha value is -2.17. The van der Waals surface area contributed by atoms with Gasteiger partial charge in [-0.1, -0.05) is 18.6 Å². The van der Waals surface area contributed by atoms with E-state index in [0.717, 1.165) is 18.1 Å². The fourth-order valence-electron chi connectivity index (χ4n) is 3.13. The van der Waals surface area contributed by atoms with Crippen molar-refractivity contribution in [2.24, 2.45) is 11.8 Å². The minimum atomic E-state index is 0.675. The number of nitrogens with one attached hydrogen (secondary N) is 1. The van der Waals surface area contributed by atoms with Gasteiger partial charge in [-0.05, 0) is 43.7 Å². The van der Waals surface area contributed by atoms with Gasteiger partial charge in [-0.15, -0.1) is 0 Å². The Kier molecular flexibility index (Phi) is 3.99. The van der Waals surface area contributed by atoms with E-state index in [1.54, 1.807) is 17.2 Å². The largest absolute Gasteiger partial charge is 0.382 e. The van der Waals surface area contributed by atoms with Gasteiger partial charge in [0.05, 0.1) is 5.69 Å². The highest BCUT2D eigenvalue weighted by Crippen LogP contribution is 2.28. The van der Waals surface area contributed by atoms with Gasteiger partial charge < -0.3 is 5.32 Å². The van der Waals surface area contributed by atoms with Gasteiger partial charge in [0.2, 0.25) is 0 Å². The molecule has 2 atom stereocenters. The number of pyridine rings is 1. The van der Waals surface area contributed by atoms with Gasteiger partial charge in [-0.2, -0.15) is 5.10 Å². The molecule has 0 bridgehead atoms. The lowest BCUT2D eigenvalue weighted by Gasteiger charge is -2.26. The highest BCUT2D eigenvalue weighted by Gasteiger charge is 2.18. The van der Waals surface area contributed by atoms with Crippen molar-refractivity contribution in [2.45, 2.75) is 26.7 Å². The topological polar surface area (TPSA) is 55.6 Å². The van der Waals surface area contributed by atoms with E-state index in [1.165, 1.54) is 24.7 Å². The summed E-state index contributed by atoms with van der Waals surface area (Å²) < 4.78 is 1.69. The van der Waals surface area contributed by atoms with Gasteiger partial charge in [-0.25, -0.2) is 14.6 Å². The second kappa shape index (κ2) is 6.08. The molecule has 5 heteroatoms. The van der Waals surface area contributed by atoms with Crippen molar-refractivity contribution in [1.29, 1.82) is 0 Å². The summed E-state index contributed by atoms with van der Waals surface area (Å²) >= 11 is 0. The summed E-state index contributed by atoms with van der Waals surface area (Å²) in [6.45, 7) is 5.48. The van der Waals surface area contributed by atoms with Gasteiger partial charge in [0.1, 0.15) is 12.7 Å². The van der Waals surface area contributed by atoms with E-state index < -0.39 is 0 Å². The van der Waals surface area contributed by atoms with Crippen LogP contribution in [0.4, 0.5) is 5.69 Å². The molecule has 21 heavy (non-hydrogen) atoms. The van der Waals surface area contributed by atoms with Gasteiger partial charge in [0, 0.05) is 12.7 Å². The van der Waals surface area contributed by atoms with Crippen molar-refractivity contribution in [3.05, 3.63) is 42.6 Å². The number of rotatable bonds is 4. The molecule has 0 saturated heterocycles. The van der Waals surface area contributed by atoms with Gasteiger partial charge >= 0.3 is 0 Å². The molecule has 0 amide bonds. The molecule has 2 aromatic rings. The molecule has 5 nitrogen and oxygen atoms in total. The van der Waals surface area contributed by atoms with Crippen LogP contribution in [0.15, 0.2) is 42.6 Å². The third kappa shape index (κ3) is 3.29. The lowest BCUT2D eigenvalue weighted by molar-refractivity contribution is 0.421. The van der Waals surface area contributed by atoms with E-state index in [4.69, 9.17) is 0 Å². The number of hydrogen-bond acceptors (Lipinski definition) is 4. The molecule has 0 spiro atoms. The predicted molar refractivity (Wildman–Crippen MR) is 83.3 cm³/mol. The highest BCUT2D eigenvalue weighted by atomic mass is 15.3. The van der Waals surface area contributed by atoms with Crippen LogP contribution in [-0.2, 0) is 0 Å². The normalized spacial score (nSPS) is 21.9. The molecule has 1 N–H and O–H groups in total. The van der Waals surface area contributed by atoms with Crippen LogP contribution in [0.5, 0.6) is 0 Å². The quantitative estimate of drug-likeness (QED) is 0.876. The van der Waals surface area contributed by atoms with Crippen molar-refractivity contribution < 1.29 is 0 Å². The molecule has 0 aliphatic heterocycles. The zero-order valence-corrected chi connectivity index (χ0v) is 12.5. The van der Waals surface area contributed by atoms with E-state index in [-0.39, 0.29) is 0 Å². The fourth-order valence-corrected chi connectivity index (χ4v) is 3.13. The van der Waals surface area contributed by atoms with Crippen molar-refractivity contribution in [3.63, 3.8) is 0 Å². The van der Waals surface area contributed by atoms with Crippen molar-refractivity contribution in [1.82, 2.24) is 19.7 Å². The Morgan fingerprint density at radius 1 is 1.43 bits per heavy atom. The van der Waals surface area contributed by atoms with Crippen LogP contribution in [0, 0.1) is 11.8 Å². The molecule has 110 valence electrons. The van der Waals surface area contributed by atoms with E-state index in [0.29, 0.717) is 11.8 Å². The molecule has 0 saturated carbocycles. The Labute approximate surface area is 125 Å². The van der Waals surface area contributed by atoms with Gasteiger partial charge in [0.15, 0.2) is 5.82 Å². The van der Waals surface area contributed by atoms with Crippen LogP contribution in [0.2, 0.25) is 0 Å². The first kappa shape index (κ1) is 13.8. The SMILES string of the molecule is CC1=CC(C)CC(CNc2cccnc2-n2cncn2)C1. The van der Waals surface area contributed by atoms with Crippen LogP contribution < -0.4 is 5.32 Å². The van der Waals surface area contributed by atoms with Crippen LogP contribution >= 0.6 is 0 Å². The average Bonchev–Trinajstić information content (AvgIpc) is 2.98. The average molecular weight is 283 g/mol. The lowest BCUT2D eigenvalue weighted by atomic mass is 9.84. The maximum atomic E-state index is 4.40. The summed E-state index contributed by atoms with van der Waals surface area (Å²) in [5.74, 6) is 2.15. The number of hydrogen-bond donors (Lipinski definition) is 1. The lowest BCUT2D eigenvalue weighted by Crippen LogP contribution is -2.21. The first-order chi connectivity index (χ1) is 10.2. The van der Waals surface area contributed by atoms with Gasteiger partial charge in [-0.3, -0.25) is 0 Å². The minimum Gasteiger partial charge on any atom is -0.382 e. The number of allylic oxidation sites excluding steroid dienone is 2. The van der Waals surface area contributed by atoms with Crippen LogP contribution in [-0.4, -0.2) is 26.3 Å². The monoisotopic (exact) mass is 283 g/mol. The standard InChI is InChI=1S/C16H21N5/c1-12-6-13(2)8-14(7-12)9-19-15-4-3-5-18-16(15)21-11-17-10-20-21/h3-6,10-12,14,19H,7-9H2,1-2H3. The van der Waals surface area contributed by atoms with Crippen molar-refractivity contribution in [3.8, 4) is 5.82 Å². The second-order valence-corrected chi connectivity index (χ2v) is 5.89. The second-order valence-electron chi connectivity index (χ2n) is 5.89. The first-order valence-corrected chi connectivity index (χ1v) is 7.43. The maximum absolute atomic E-state index is 4.40. The van der Waals surface area contributed by atoms with Crippen LogP contribution in [0.25, 0.3) is 5.82 Å². The Balaban J connectivity index is 1.70. The summed E-state index contributed by atoms with van der Waals surface area (Å²) in [6.07, 6.45) is 9.78. The molecule has 2 heterocycles. The van der Waals surface area contributed by atoms with Crippen molar-refractivity contribution >= 4 is 5.69 Å². The molecule has 3 rings (SSSR count). The Morgan fingerprint density at radius 2 is 2.33 bits per heavy atom. The molecule has 1 aliphatic carbocycles. The molecule has 0 fully saturated rings. The van der Waals surface area contributed by atoms with Crippen LogP contribution in [0.3, 0.4) is 0 Å². The maximum Gasteiger partial charge on any atom is 0.178 e. The Bertz CT molecular complexity index is 617. The fraction of sp³-hybridized carbons (Fsp3) is 0.438. The number of aromatic nitrogens is 4. The summed E-state index contributed by atoms with van der Waals surface area (Å²) in [6, 6.07) is 3.98. The molecule has 2 aromatic heterocycles. The summed E-state index contributed by atoms with van der Waals surface area (Å²) in [7, 11) is 0. The van der Waals surface area contributed by atoms with Crippen molar-refractivity contribution in [2.75, 3.05) is 11.9 Å². The molecule has 0 aromatic carbocycles. The Morgan fingerprint density at radius 3 is 3.10 bits per heavy atom. The third-order valence-electron chi connectivity index (χ3n) is 3.89. The third-order valence-corrected chi connectivity index (χ3v) is 3.89. The number of anilines is 1. The zero-order valence-electron chi connectivity index (χ0n) is 12.5. The van der Waals surface area contributed by atoms with Crippen LogP contribution in [0.1, 0.15) is 26.7 Å². The summed E-state index contributed by atoms with van der Waals surface area (Å²) in [5.41, 5.74) is 2.51.